The van der Waals surface area contributed by atoms with Crippen LogP contribution in [-0.2, 0) is 11.2 Å². The first kappa shape index (κ1) is 24.0. The molecule has 9 heteroatoms. The Morgan fingerprint density at radius 3 is 2.54 bits per heavy atom. The standard InChI is InChI=1S/C26H39N7O2/c1-18-14-19(16-23-24(18)29-30-28-23)15-22(20-6-5-11-33(17-20)26(27)35)25(34)32-12-7-21(8-13-32)31-9-3-2-4-10-31/h14,16,20-22H,2-13,15,17H2,1H3,(H2,27,35)(H,28,29,30)/t20-,22?/m0/s1. The molecular weight excluding hydrogens is 442 g/mol. The van der Waals surface area contributed by atoms with Crippen LogP contribution in [0.1, 0.15) is 56.1 Å². The Labute approximate surface area is 207 Å². The topological polar surface area (TPSA) is 111 Å². The van der Waals surface area contributed by atoms with E-state index in [1.807, 2.05) is 13.0 Å². The normalized spacial score (nSPS) is 23.5. The molecule has 190 valence electrons. The summed E-state index contributed by atoms with van der Waals surface area (Å²) in [7, 11) is 0. The molecule has 2 aromatic rings. The summed E-state index contributed by atoms with van der Waals surface area (Å²) in [6.45, 7) is 7.34. The van der Waals surface area contributed by atoms with Crippen molar-refractivity contribution in [2.24, 2.45) is 17.6 Å². The first-order valence-electron chi connectivity index (χ1n) is 13.4. The molecule has 4 heterocycles. The van der Waals surface area contributed by atoms with Crippen LogP contribution in [0.4, 0.5) is 4.79 Å². The van der Waals surface area contributed by atoms with Crippen molar-refractivity contribution < 1.29 is 9.59 Å². The lowest BCUT2D eigenvalue weighted by Gasteiger charge is -2.42. The summed E-state index contributed by atoms with van der Waals surface area (Å²) >= 11 is 0. The summed E-state index contributed by atoms with van der Waals surface area (Å²) in [5.41, 5.74) is 9.57. The molecule has 0 bridgehead atoms. The van der Waals surface area contributed by atoms with Gasteiger partial charge in [-0.25, -0.2) is 4.79 Å². The Kier molecular flexibility index (Phi) is 7.22. The van der Waals surface area contributed by atoms with Crippen LogP contribution in [0.5, 0.6) is 0 Å². The van der Waals surface area contributed by atoms with Crippen LogP contribution in [0.15, 0.2) is 12.1 Å². The fourth-order valence-electron chi connectivity index (χ4n) is 6.53. The lowest BCUT2D eigenvalue weighted by atomic mass is 9.80. The maximum absolute atomic E-state index is 14.0. The molecule has 0 aliphatic carbocycles. The minimum absolute atomic E-state index is 0.108. The predicted octanol–water partition coefficient (Wildman–Crippen LogP) is 2.69. The van der Waals surface area contributed by atoms with Crippen LogP contribution in [0.2, 0.25) is 0 Å². The molecule has 5 rings (SSSR count). The molecule has 0 spiro atoms. The highest BCUT2D eigenvalue weighted by molar-refractivity contribution is 5.81. The number of aryl methyl sites for hydroxylation is 1. The molecule has 3 N–H and O–H groups in total. The van der Waals surface area contributed by atoms with E-state index in [-0.39, 0.29) is 23.8 Å². The van der Waals surface area contributed by atoms with Crippen molar-refractivity contribution in [3.63, 3.8) is 0 Å². The van der Waals surface area contributed by atoms with Gasteiger partial charge >= 0.3 is 6.03 Å². The van der Waals surface area contributed by atoms with Gasteiger partial charge in [-0.2, -0.15) is 0 Å². The summed E-state index contributed by atoms with van der Waals surface area (Å²) < 4.78 is 0. The molecule has 35 heavy (non-hydrogen) atoms. The quantitative estimate of drug-likeness (QED) is 0.682. The van der Waals surface area contributed by atoms with Gasteiger partial charge in [0, 0.05) is 38.1 Å². The number of benzene rings is 1. The minimum Gasteiger partial charge on any atom is -0.351 e. The van der Waals surface area contributed by atoms with E-state index in [9.17, 15) is 9.59 Å². The summed E-state index contributed by atoms with van der Waals surface area (Å²) in [5.74, 6) is 0.167. The molecule has 1 aromatic carbocycles. The van der Waals surface area contributed by atoms with Crippen molar-refractivity contribution in [1.82, 2.24) is 30.1 Å². The molecule has 0 saturated carbocycles. The maximum Gasteiger partial charge on any atom is 0.314 e. The predicted molar refractivity (Wildman–Crippen MR) is 135 cm³/mol. The highest BCUT2D eigenvalue weighted by atomic mass is 16.2. The number of amides is 3. The van der Waals surface area contributed by atoms with E-state index in [1.165, 1.54) is 32.4 Å². The number of likely N-dealkylation sites (tertiary alicyclic amines) is 3. The van der Waals surface area contributed by atoms with Gasteiger partial charge in [0.25, 0.3) is 0 Å². The Morgan fingerprint density at radius 2 is 1.80 bits per heavy atom. The number of fused-ring (bicyclic) bond motifs is 1. The van der Waals surface area contributed by atoms with Crippen molar-refractivity contribution >= 4 is 23.0 Å². The second-order valence-electron chi connectivity index (χ2n) is 10.8. The van der Waals surface area contributed by atoms with Crippen molar-refractivity contribution in [1.29, 1.82) is 0 Å². The summed E-state index contributed by atoms with van der Waals surface area (Å²) in [4.78, 5) is 32.4. The Balaban J connectivity index is 1.33. The molecule has 3 amide bonds. The van der Waals surface area contributed by atoms with E-state index in [1.54, 1.807) is 4.90 Å². The zero-order valence-electron chi connectivity index (χ0n) is 20.9. The van der Waals surface area contributed by atoms with Crippen LogP contribution in [0.3, 0.4) is 0 Å². The number of nitrogens with two attached hydrogens (primary N) is 1. The van der Waals surface area contributed by atoms with E-state index < -0.39 is 0 Å². The average molecular weight is 482 g/mol. The molecule has 9 nitrogen and oxygen atoms in total. The monoisotopic (exact) mass is 481 g/mol. The number of rotatable bonds is 5. The van der Waals surface area contributed by atoms with E-state index >= 15 is 0 Å². The van der Waals surface area contributed by atoms with Crippen LogP contribution in [-0.4, -0.2) is 87.4 Å². The fourth-order valence-corrected chi connectivity index (χ4v) is 6.53. The summed E-state index contributed by atoms with van der Waals surface area (Å²) in [5, 5.41) is 11.1. The third-order valence-corrected chi connectivity index (χ3v) is 8.49. The van der Waals surface area contributed by atoms with Crippen LogP contribution in [0, 0.1) is 18.8 Å². The molecule has 3 saturated heterocycles. The number of nitrogens with one attached hydrogen (secondary N) is 1. The number of primary amides is 1. The molecule has 3 aliphatic heterocycles. The summed E-state index contributed by atoms with van der Waals surface area (Å²) in [6.07, 6.45) is 8.53. The SMILES string of the molecule is Cc1cc(CC(C(=O)N2CCC(N3CCCCC3)CC2)[C@H]2CCCN(C(N)=O)C2)cc2nn[nH]c12. The van der Waals surface area contributed by atoms with Crippen LogP contribution < -0.4 is 5.73 Å². The highest BCUT2D eigenvalue weighted by Crippen LogP contribution is 2.31. The van der Waals surface area contributed by atoms with E-state index in [4.69, 9.17) is 5.73 Å². The van der Waals surface area contributed by atoms with Gasteiger partial charge in [-0.05, 0) is 88.1 Å². The third-order valence-electron chi connectivity index (χ3n) is 8.49. The molecule has 2 atom stereocenters. The fraction of sp³-hybridized carbons (Fsp3) is 0.692. The number of carbonyl (C=O) groups excluding carboxylic acids is 2. The van der Waals surface area contributed by atoms with E-state index in [2.05, 4.69) is 31.3 Å². The smallest absolute Gasteiger partial charge is 0.314 e. The van der Waals surface area contributed by atoms with E-state index in [0.717, 1.165) is 60.9 Å². The number of hydrogen-bond acceptors (Lipinski definition) is 5. The molecule has 0 radical (unpaired) electrons. The van der Waals surface area contributed by atoms with Crippen molar-refractivity contribution in [2.45, 2.75) is 64.3 Å². The van der Waals surface area contributed by atoms with Gasteiger partial charge in [-0.15, -0.1) is 5.10 Å². The van der Waals surface area contributed by atoms with Gasteiger partial charge in [-0.3, -0.25) is 9.89 Å². The van der Waals surface area contributed by atoms with Gasteiger partial charge in [0.1, 0.15) is 5.52 Å². The lowest BCUT2D eigenvalue weighted by Crippen LogP contribution is -2.52. The molecular formula is C26H39N7O2. The second kappa shape index (κ2) is 10.5. The minimum atomic E-state index is -0.386. The van der Waals surface area contributed by atoms with Gasteiger partial charge in [0.05, 0.1) is 5.52 Å². The Morgan fingerprint density at radius 1 is 1.03 bits per heavy atom. The van der Waals surface area contributed by atoms with Crippen LogP contribution in [0.25, 0.3) is 11.0 Å². The number of aromatic nitrogens is 3. The lowest BCUT2D eigenvalue weighted by molar-refractivity contribution is -0.139. The highest BCUT2D eigenvalue weighted by Gasteiger charge is 2.37. The Hall–Kier alpha value is -2.68. The van der Waals surface area contributed by atoms with Crippen molar-refractivity contribution in [3.8, 4) is 0 Å². The number of piperidine rings is 3. The zero-order valence-corrected chi connectivity index (χ0v) is 20.9. The van der Waals surface area contributed by atoms with Crippen LogP contribution >= 0.6 is 0 Å². The molecule has 1 aromatic heterocycles. The molecule has 3 aliphatic rings. The second-order valence-corrected chi connectivity index (χ2v) is 10.8. The average Bonchev–Trinajstić information content (AvgIpc) is 3.37. The van der Waals surface area contributed by atoms with Crippen molar-refractivity contribution in [3.05, 3.63) is 23.3 Å². The number of carbonyl (C=O) groups is 2. The van der Waals surface area contributed by atoms with Gasteiger partial charge in [-0.1, -0.05) is 17.7 Å². The zero-order chi connectivity index (χ0) is 24.4. The number of H-pyrrole nitrogens is 1. The summed E-state index contributed by atoms with van der Waals surface area (Å²) in [6, 6.07) is 4.40. The van der Waals surface area contributed by atoms with Gasteiger partial charge < -0.3 is 20.4 Å². The van der Waals surface area contributed by atoms with Gasteiger partial charge in [0.15, 0.2) is 0 Å². The number of nitrogens with zero attached hydrogens (tertiary/aromatic N) is 5. The Bertz CT molecular complexity index is 1040. The molecule has 1 unspecified atom stereocenters. The maximum atomic E-state index is 14.0. The molecule has 3 fully saturated rings. The van der Waals surface area contributed by atoms with Gasteiger partial charge in [0.2, 0.25) is 5.91 Å². The van der Waals surface area contributed by atoms with Crippen molar-refractivity contribution in [2.75, 3.05) is 39.3 Å². The number of hydrogen-bond donors (Lipinski definition) is 2. The van der Waals surface area contributed by atoms with E-state index in [0.29, 0.717) is 25.6 Å². The first-order valence-corrected chi connectivity index (χ1v) is 13.4. The number of aromatic amines is 1. The largest absolute Gasteiger partial charge is 0.351 e. The number of urea groups is 1. The third kappa shape index (κ3) is 5.29. The first-order chi connectivity index (χ1) is 17.0.